The van der Waals surface area contributed by atoms with Crippen LogP contribution in [0.1, 0.15) is 19.3 Å². The van der Waals surface area contributed by atoms with Crippen LogP contribution in [0.5, 0.6) is 0 Å². The Morgan fingerprint density at radius 1 is 1.19 bits per heavy atom. The minimum absolute atomic E-state index is 0.261. The first-order chi connectivity index (χ1) is 7.45. The summed E-state index contributed by atoms with van der Waals surface area (Å²) >= 11 is 0. The van der Waals surface area contributed by atoms with E-state index in [1.54, 1.807) is 0 Å². The molecule has 0 aliphatic carbocycles. The van der Waals surface area contributed by atoms with Crippen LogP contribution in [-0.4, -0.2) is 51.6 Å². The van der Waals surface area contributed by atoms with Gasteiger partial charge in [0, 0.05) is 6.54 Å². The third-order valence-corrected chi connectivity index (χ3v) is 2.67. The second-order valence-corrected chi connectivity index (χ2v) is 3.73. The Morgan fingerprint density at radius 2 is 1.75 bits per heavy atom. The molecular weight excluding hydrogens is 216 g/mol. The van der Waals surface area contributed by atoms with E-state index in [-0.39, 0.29) is 6.54 Å². The highest BCUT2D eigenvalue weighted by Gasteiger charge is 2.40. The van der Waals surface area contributed by atoms with Gasteiger partial charge < -0.3 is 15.9 Å². The van der Waals surface area contributed by atoms with Crippen molar-refractivity contribution in [3.05, 3.63) is 0 Å². The lowest BCUT2D eigenvalue weighted by Crippen LogP contribution is -2.57. The number of aliphatic carboxylic acids is 2. The molecule has 16 heavy (non-hydrogen) atoms. The molecule has 1 aliphatic rings. The van der Waals surface area contributed by atoms with Crippen molar-refractivity contribution < 1.29 is 24.6 Å². The highest BCUT2D eigenvalue weighted by Crippen LogP contribution is 2.19. The highest BCUT2D eigenvalue weighted by molar-refractivity contribution is 5.98. The van der Waals surface area contributed by atoms with E-state index in [1.807, 2.05) is 0 Å². The van der Waals surface area contributed by atoms with Crippen LogP contribution in [0.15, 0.2) is 0 Å². The zero-order valence-corrected chi connectivity index (χ0v) is 8.63. The molecule has 1 saturated heterocycles. The molecule has 0 saturated carbocycles. The number of carboxylic acid groups (broad SMARTS) is 2. The van der Waals surface area contributed by atoms with Crippen molar-refractivity contribution >= 4 is 17.8 Å². The zero-order chi connectivity index (χ0) is 12.3. The predicted octanol–water partition coefficient (Wildman–Crippen LogP) is -1.14. The standard InChI is InChI=1S/C9H14N2O5/c10-7(12)5-3-1-2-4-11(5)6(8(13)14)9(15)16/h5-6H,1-4H2,(H2,10,12)(H,13,14)(H,15,16). The number of carbonyl (C=O) groups is 3. The van der Waals surface area contributed by atoms with Crippen molar-refractivity contribution in [2.75, 3.05) is 6.54 Å². The van der Waals surface area contributed by atoms with E-state index in [0.717, 1.165) is 11.3 Å². The van der Waals surface area contributed by atoms with Gasteiger partial charge in [-0.05, 0) is 12.8 Å². The molecule has 1 unspecified atom stereocenters. The van der Waals surface area contributed by atoms with Gasteiger partial charge in [-0.1, -0.05) is 6.42 Å². The molecule has 7 heteroatoms. The second kappa shape index (κ2) is 4.93. The third kappa shape index (κ3) is 2.48. The third-order valence-electron chi connectivity index (χ3n) is 2.67. The molecule has 1 amide bonds. The number of hydrogen-bond donors (Lipinski definition) is 3. The van der Waals surface area contributed by atoms with Crippen molar-refractivity contribution in [1.29, 1.82) is 0 Å². The molecule has 0 aromatic carbocycles. The fourth-order valence-corrected chi connectivity index (χ4v) is 1.96. The number of likely N-dealkylation sites (tertiary alicyclic amines) is 1. The molecule has 1 aliphatic heterocycles. The largest absolute Gasteiger partial charge is 0.480 e. The Hall–Kier alpha value is -1.63. The highest BCUT2D eigenvalue weighted by atomic mass is 16.4. The zero-order valence-electron chi connectivity index (χ0n) is 8.63. The van der Waals surface area contributed by atoms with E-state index in [2.05, 4.69) is 0 Å². The first kappa shape index (κ1) is 12.4. The molecule has 4 N–H and O–H groups in total. The smallest absolute Gasteiger partial charge is 0.332 e. The average Bonchev–Trinajstić information content (AvgIpc) is 2.17. The summed E-state index contributed by atoms with van der Waals surface area (Å²) in [5, 5.41) is 17.6. The lowest BCUT2D eigenvalue weighted by Gasteiger charge is -2.35. The molecule has 1 rings (SSSR count). The molecule has 0 aromatic rings. The Balaban J connectivity index is 2.91. The van der Waals surface area contributed by atoms with Gasteiger partial charge in [-0.15, -0.1) is 0 Å². The van der Waals surface area contributed by atoms with Crippen LogP contribution in [0.2, 0.25) is 0 Å². The van der Waals surface area contributed by atoms with Gasteiger partial charge in [0.1, 0.15) is 0 Å². The van der Waals surface area contributed by atoms with Gasteiger partial charge in [0.2, 0.25) is 11.9 Å². The summed E-state index contributed by atoms with van der Waals surface area (Å²) in [4.78, 5) is 33.9. The second-order valence-electron chi connectivity index (χ2n) is 3.73. The number of amides is 1. The van der Waals surface area contributed by atoms with Crippen LogP contribution in [0, 0.1) is 0 Å². The van der Waals surface area contributed by atoms with Crippen LogP contribution in [0.3, 0.4) is 0 Å². The maximum absolute atomic E-state index is 11.1. The maximum atomic E-state index is 11.1. The molecule has 7 nitrogen and oxygen atoms in total. The molecular formula is C9H14N2O5. The van der Waals surface area contributed by atoms with Gasteiger partial charge >= 0.3 is 11.9 Å². The number of hydrogen-bond acceptors (Lipinski definition) is 4. The summed E-state index contributed by atoms with van der Waals surface area (Å²) < 4.78 is 0. The van der Waals surface area contributed by atoms with Crippen LogP contribution in [0.25, 0.3) is 0 Å². The molecule has 1 atom stereocenters. The van der Waals surface area contributed by atoms with E-state index >= 15 is 0 Å². The van der Waals surface area contributed by atoms with E-state index in [4.69, 9.17) is 15.9 Å². The predicted molar refractivity (Wildman–Crippen MR) is 52.6 cm³/mol. The lowest BCUT2D eigenvalue weighted by atomic mass is 9.99. The summed E-state index contributed by atoms with van der Waals surface area (Å²) in [6.45, 7) is 0.261. The fourth-order valence-electron chi connectivity index (χ4n) is 1.96. The Kier molecular flexibility index (Phi) is 3.83. The van der Waals surface area contributed by atoms with E-state index < -0.39 is 29.9 Å². The first-order valence-electron chi connectivity index (χ1n) is 4.96. The monoisotopic (exact) mass is 230 g/mol. The number of piperidine rings is 1. The Labute approximate surface area is 91.8 Å². The summed E-state index contributed by atoms with van der Waals surface area (Å²) in [5.41, 5.74) is 5.13. The number of nitrogens with zero attached hydrogens (tertiary/aromatic N) is 1. The van der Waals surface area contributed by atoms with Crippen LogP contribution in [-0.2, 0) is 14.4 Å². The minimum Gasteiger partial charge on any atom is -0.480 e. The van der Waals surface area contributed by atoms with Gasteiger partial charge in [-0.2, -0.15) is 0 Å². The molecule has 0 spiro atoms. The normalized spacial score (nSPS) is 21.9. The van der Waals surface area contributed by atoms with Crippen LogP contribution in [0.4, 0.5) is 0 Å². The minimum atomic E-state index is -1.70. The number of rotatable bonds is 4. The number of carboxylic acids is 2. The van der Waals surface area contributed by atoms with Crippen molar-refractivity contribution in [2.45, 2.75) is 31.3 Å². The number of primary amides is 1. The fraction of sp³-hybridized carbons (Fsp3) is 0.667. The van der Waals surface area contributed by atoms with Crippen molar-refractivity contribution in [3.63, 3.8) is 0 Å². The topological polar surface area (TPSA) is 121 Å². The van der Waals surface area contributed by atoms with E-state index in [1.165, 1.54) is 0 Å². The number of carbonyl (C=O) groups excluding carboxylic acids is 1. The molecule has 1 heterocycles. The van der Waals surface area contributed by atoms with Gasteiger partial charge in [0.05, 0.1) is 6.04 Å². The van der Waals surface area contributed by atoms with Gasteiger partial charge in [-0.3, -0.25) is 9.69 Å². The van der Waals surface area contributed by atoms with Crippen LogP contribution >= 0.6 is 0 Å². The molecule has 0 bridgehead atoms. The first-order valence-corrected chi connectivity index (χ1v) is 4.96. The van der Waals surface area contributed by atoms with Crippen molar-refractivity contribution in [2.24, 2.45) is 5.73 Å². The molecule has 1 fully saturated rings. The number of nitrogens with two attached hydrogens (primary N) is 1. The molecule has 90 valence electrons. The van der Waals surface area contributed by atoms with Gasteiger partial charge in [0.15, 0.2) is 0 Å². The van der Waals surface area contributed by atoms with Crippen molar-refractivity contribution in [1.82, 2.24) is 4.90 Å². The Bertz CT molecular complexity index is 303. The Morgan fingerprint density at radius 3 is 2.19 bits per heavy atom. The SMILES string of the molecule is NC(=O)C1CCCCN1C(C(=O)O)C(=O)O. The van der Waals surface area contributed by atoms with Gasteiger partial charge in [0.25, 0.3) is 0 Å². The lowest BCUT2D eigenvalue weighted by molar-refractivity contribution is -0.159. The summed E-state index contributed by atoms with van der Waals surface area (Å²) in [6.07, 6.45) is 1.82. The molecule has 0 radical (unpaired) electrons. The van der Waals surface area contributed by atoms with E-state index in [9.17, 15) is 14.4 Å². The van der Waals surface area contributed by atoms with Gasteiger partial charge in [-0.25, -0.2) is 9.59 Å². The maximum Gasteiger partial charge on any atom is 0.332 e. The summed E-state index contributed by atoms with van der Waals surface area (Å²) in [6, 6.07) is -2.50. The average molecular weight is 230 g/mol. The van der Waals surface area contributed by atoms with Crippen molar-refractivity contribution in [3.8, 4) is 0 Å². The molecule has 0 aromatic heterocycles. The van der Waals surface area contributed by atoms with Crippen LogP contribution < -0.4 is 5.73 Å². The van der Waals surface area contributed by atoms with E-state index in [0.29, 0.717) is 12.8 Å². The quantitative estimate of drug-likeness (QED) is 0.525. The summed E-state index contributed by atoms with van der Waals surface area (Å²) in [5.74, 6) is -3.62. The summed E-state index contributed by atoms with van der Waals surface area (Å²) in [7, 11) is 0.